The van der Waals surface area contributed by atoms with Gasteiger partial charge >= 0.3 is 0 Å². The van der Waals surface area contributed by atoms with Crippen LogP contribution < -0.4 is 10.5 Å². The van der Waals surface area contributed by atoms with Crippen LogP contribution in [0.1, 0.15) is 30.7 Å². The quantitative estimate of drug-likeness (QED) is 0.876. The summed E-state index contributed by atoms with van der Waals surface area (Å²) in [5.41, 5.74) is 6.81. The number of rotatable bonds is 4. The first-order valence-electron chi connectivity index (χ1n) is 5.78. The summed E-state index contributed by atoms with van der Waals surface area (Å²) in [5, 5.41) is 0.790. The molecule has 0 heterocycles. The van der Waals surface area contributed by atoms with Crippen LogP contribution in [0.3, 0.4) is 0 Å². The topological polar surface area (TPSA) is 35.2 Å². The van der Waals surface area contributed by atoms with Gasteiger partial charge < -0.3 is 10.5 Å². The molecule has 0 radical (unpaired) electrons. The van der Waals surface area contributed by atoms with E-state index in [2.05, 4.69) is 0 Å². The molecule has 2 N–H and O–H groups in total. The van der Waals surface area contributed by atoms with Gasteiger partial charge in [-0.25, -0.2) is 0 Å². The van der Waals surface area contributed by atoms with Gasteiger partial charge in [-0.1, -0.05) is 11.6 Å². The smallest absolute Gasteiger partial charge is 0.122 e. The zero-order valence-corrected chi connectivity index (χ0v) is 10.3. The van der Waals surface area contributed by atoms with Crippen molar-refractivity contribution < 1.29 is 4.74 Å². The summed E-state index contributed by atoms with van der Waals surface area (Å²) in [6, 6.07) is 5.86. The number of hydrogen-bond acceptors (Lipinski definition) is 2. The zero-order valence-electron chi connectivity index (χ0n) is 9.58. The van der Waals surface area contributed by atoms with Crippen molar-refractivity contribution in [2.75, 3.05) is 13.7 Å². The van der Waals surface area contributed by atoms with E-state index in [0.717, 1.165) is 29.7 Å². The van der Waals surface area contributed by atoms with Crippen LogP contribution >= 0.6 is 11.6 Å². The van der Waals surface area contributed by atoms with Crippen molar-refractivity contribution in [2.24, 2.45) is 11.7 Å². The first-order chi connectivity index (χ1) is 7.74. The van der Waals surface area contributed by atoms with Crippen molar-refractivity contribution in [1.29, 1.82) is 0 Å². The molecule has 1 aromatic carbocycles. The first kappa shape index (κ1) is 11.7. The molecule has 2 nitrogen and oxygen atoms in total. The maximum Gasteiger partial charge on any atom is 0.122 e. The molecule has 3 heteroatoms. The van der Waals surface area contributed by atoms with Gasteiger partial charge in [0.2, 0.25) is 0 Å². The Bertz CT molecular complexity index is 361. The Morgan fingerprint density at radius 3 is 2.81 bits per heavy atom. The molecule has 2 rings (SSSR count). The molecule has 1 fully saturated rings. The van der Waals surface area contributed by atoms with Crippen LogP contribution in [-0.4, -0.2) is 13.7 Å². The van der Waals surface area contributed by atoms with Gasteiger partial charge in [0.05, 0.1) is 7.11 Å². The SMILES string of the molecule is COc1ccc(Cl)cc1C1CC(CCN)C1. The lowest BCUT2D eigenvalue weighted by Crippen LogP contribution is -2.24. The highest BCUT2D eigenvalue weighted by Crippen LogP contribution is 2.46. The van der Waals surface area contributed by atoms with Gasteiger partial charge in [-0.15, -0.1) is 0 Å². The molecule has 0 aromatic heterocycles. The molecular weight excluding hydrogens is 222 g/mol. The fourth-order valence-electron chi connectivity index (χ4n) is 2.49. The Morgan fingerprint density at radius 2 is 2.19 bits per heavy atom. The zero-order chi connectivity index (χ0) is 11.5. The fraction of sp³-hybridized carbons (Fsp3) is 0.538. The summed E-state index contributed by atoms with van der Waals surface area (Å²) in [5.74, 6) is 2.35. The molecule has 1 aromatic rings. The van der Waals surface area contributed by atoms with Crippen LogP contribution in [0.2, 0.25) is 5.02 Å². The van der Waals surface area contributed by atoms with Crippen molar-refractivity contribution in [2.45, 2.75) is 25.2 Å². The monoisotopic (exact) mass is 239 g/mol. The van der Waals surface area contributed by atoms with Gasteiger partial charge in [-0.05, 0) is 61.4 Å². The Morgan fingerprint density at radius 1 is 1.44 bits per heavy atom. The summed E-state index contributed by atoms with van der Waals surface area (Å²) < 4.78 is 5.37. The highest BCUT2D eigenvalue weighted by atomic mass is 35.5. The maximum atomic E-state index is 6.02. The summed E-state index contributed by atoms with van der Waals surface area (Å²) in [6.45, 7) is 0.796. The third kappa shape index (κ3) is 2.33. The van der Waals surface area contributed by atoms with Gasteiger partial charge in [0.15, 0.2) is 0 Å². The van der Waals surface area contributed by atoms with E-state index in [4.69, 9.17) is 22.1 Å². The Hall–Kier alpha value is -0.730. The second kappa shape index (κ2) is 5.07. The van der Waals surface area contributed by atoms with E-state index in [1.165, 1.54) is 18.4 Å². The van der Waals surface area contributed by atoms with Crippen LogP contribution in [0.25, 0.3) is 0 Å². The number of hydrogen-bond donors (Lipinski definition) is 1. The maximum absolute atomic E-state index is 6.02. The number of ether oxygens (including phenoxy) is 1. The molecule has 1 aliphatic rings. The molecule has 0 amide bonds. The Kier molecular flexibility index (Phi) is 3.72. The van der Waals surface area contributed by atoms with Crippen LogP contribution in [0, 0.1) is 5.92 Å². The van der Waals surface area contributed by atoms with Crippen molar-refractivity contribution in [1.82, 2.24) is 0 Å². The first-order valence-corrected chi connectivity index (χ1v) is 6.16. The Labute approximate surface area is 102 Å². The number of methoxy groups -OCH3 is 1. The molecule has 0 aliphatic heterocycles. The second-order valence-electron chi connectivity index (χ2n) is 4.50. The van der Waals surface area contributed by atoms with Gasteiger partial charge in [0, 0.05) is 5.02 Å². The third-order valence-electron chi connectivity index (χ3n) is 3.44. The minimum atomic E-state index is 0.602. The van der Waals surface area contributed by atoms with Crippen LogP contribution in [0.5, 0.6) is 5.75 Å². The van der Waals surface area contributed by atoms with Crippen LogP contribution in [0.15, 0.2) is 18.2 Å². The predicted molar refractivity (Wildman–Crippen MR) is 67.1 cm³/mol. The minimum Gasteiger partial charge on any atom is -0.496 e. The van der Waals surface area contributed by atoms with Crippen LogP contribution in [0.4, 0.5) is 0 Å². The molecule has 1 saturated carbocycles. The van der Waals surface area contributed by atoms with Gasteiger partial charge in [-0.3, -0.25) is 0 Å². The molecule has 0 spiro atoms. The molecule has 88 valence electrons. The van der Waals surface area contributed by atoms with Crippen molar-refractivity contribution in [3.05, 3.63) is 28.8 Å². The highest BCUT2D eigenvalue weighted by molar-refractivity contribution is 6.30. The lowest BCUT2D eigenvalue weighted by molar-refractivity contribution is 0.246. The largest absolute Gasteiger partial charge is 0.496 e. The standard InChI is InChI=1S/C13H18ClNO/c1-16-13-3-2-11(14)8-12(13)10-6-9(7-10)4-5-15/h2-3,8-10H,4-7,15H2,1H3. The van der Waals surface area contributed by atoms with Gasteiger partial charge in [0.1, 0.15) is 5.75 Å². The van der Waals surface area contributed by atoms with E-state index < -0.39 is 0 Å². The number of halogens is 1. The average molecular weight is 240 g/mol. The molecule has 16 heavy (non-hydrogen) atoms. The average Bonchev–Trinajstić information content (AvgIpc) is 2.23. The van der Waals surface area contributed by atoms with E-state index in [1.807, 2.05) is 18.2 Å². The lowest BCUT2D eigenvalue weighted by atomic mass is 9.70. The third-order valence-corrected chi connectivity index (χ3v) is 3.68. The summed E-state index contributed by atoms with van der Waals surface area (Å²) in [6.07, 6.45) is 3.57. The molecule has 0 saturated heterocycles. The van der Waals surface area contributed by atoms with E-state index in [1.54, 1.807) is 7.11 Å². The minimum absolute atomic E-state index is 0.602. The predicted octanol–water partition coefficient (Wildman–Crippen LogP) is 3.19. The molecule has 0 bridgehead atoms. The van der Waals surface area contributed by atoms with E-state index in [-0.39, 0.29) is 0 Å². The van der Waals surface area contributed by atoms with E-state index >= 15 is 0 Å². The van der Waals surface area contributed by atoms with Gasteiger partial charge in [-0.2, -0.15) is 0 Å². The molecular formula is C13H18ClNO. The lowest BCUT2D eigenvalue weighted by Gasteiger charge is -2.36. The van der Waals surface area contributed by atoms with E-state index in [0.29, 0.717) is 5.92 Å². The van der Waals surface area contributed by atoms with Crippen LogP contribution in [-0.2, 0) is 0 Å². The van der Waals surface area contributed by atoms with Crippen molar-refractivity contribution >= 4 is 11.6 Å². The van der Waals surface area contributed by atoms with E-state index in [9.17, 15) is 0 Å². The molecule has 0 atom stereocenters. The van der Waals surface area contributed by atoms with Crippen molar-refractivity contribution in [3.63, 3.8) is 0 Å². The summed E-state index contributed by atoms with van der Waals surface area (Å²) >= 11 is 6.02. The summed E-state index contributed by atoms with van der Waals surface area (Å²) in [4.78, 5) is 0. The highest BCUT2D eigenvalue weighted by Gasteiger charge is 2.31. The Balaban J connectivity index is 2.07. The fourth-order valence-corrected chi connectivity index (χ4v) is 2.67. The summed E-state index contributed by atoms with van der Waals surface area (Å²) in [7, 11) is 1.71. The van der Waals surface area contributed by atoms with Gasteiger partial charge in [0.25, 0.3) is 0 Å². The molecule has 0 unspecified atom stereocenters. The molecule has 1 aliphatic carbocycles. The normalized spacial score (nSPS) is 23.9. The number of benzene rings is 1. The number of nitrogens with two attached hydrogens (primary N) is 1. The second-order valence-corrected chi connectivity index (χ2v) is 4.93. The van der Waals surface area contributed by atoms with Crippen molar-refractivity contribution in [3.8, 4) is 5.75 Å².